The molecule has 0 saturated carbocycles. The second kappa shape index (κ2) is 5.44. The monoisotopic (exact) mass is 293 g/mol. The Balaban J connectivity index is 1.79. The molecule has 114 valence electrons. The zero-order valence-electron chi connectivity index (χ0n) is 13.2. The van der Waals surface area contributed by atoms with Crippen LogP contribution in [0.1, 0.15) is 43.5 Å². The molecule has 1 aromatic heterocycles. The van der Waals surface area contributed by atoms with Crippen molar-refractivity contribution in [2.45, 2.75) is 38.6 Å². The van der Waals surface area contributed by atoms with E-state index < -0.39 is 0 Å². The van der Waals surface area contributed by atoms with Crippen LogP contribution >= 0.6 is 0 Å². The lowest BCUT2D eigenvalue weighted by Crippen LogP contribution is -2.46. The van der Waals surface area contributed by atoms with Crippen LogP contribution in [0, 0.1) is 23.2 Å². The molecule has 0 radical (unpaired) electrons. The number of piperidine rings is 1. The predicted octanol–water partition coefficient (Wildman–Crippen LogP) is 4.03. The first-order valence-electron chi connectivity index (χ1n) is 8.52. The summed E-state index contributed by atoms with van der Waals surface area (Å²) in [5.74, 6) is 1.22. The van der Waals surface area contributed by atoms with Crippen LogP contribution in [0.4, 0.5) is 0 Å². The second-order valence-corrected chi connectivity index (χ2v) is 6.88. The first kappa shape index (κ1) is 13.8. The Morgan fingerprint density at radius 3 is 3.05 bits per heavy atom. The maximum absolute atomic E-state index is 9.28. The van der Waals surface area contributed by atoms with Crippen molar-refractivity contribution in [3.8, 4) is 6.07 Å². The van der Waals surface area contributed by atoms with Crippen LogP contribution in [0.25, 0.3) is 10.9 Å². The number of hydrogen-bond donors (Lipinski definition) is 1. The summed E-state index contributed by atoms with van der Waals surface area (Å²) in [6.45, 7) is 4.61. The highest BCUT2D eigenvalue weighted by molar-refractivity contribution is 5.85. The normalized spacial score (nSPS) is 28.1. The van der Waals surface area contributed by atoms with E-state index in [2.05, 4.69) is 47.1 Å². The van der Waals surface area contributed by atoms with Gasteiger partial charge in [0, 0.05) is 36.1 Å². The smallest absolute Gasteiger partial charge is 0.0625 e. The summed E-state index contributed by atoms with van der Waals surface area (Å²) in [4.78, 5) is 6.32. The second-order valence-electron chi connectivity index (χ2n) is 6.88. The highest BCUT2D eigenvalue weighted by Gasteiger charge is 2.40. The number of para-hydroxylation sites is 1. The molecule has 22 heavy (non-hydrogen) atoms. The van der Waals surface area contributed by atoms with Gasteiger partial charge in [-0.3, -0.25) is 4.90 Å². The van der Waals surface area contributed by atoms with Crippen molar-refractivity contribution >= 4 is 10.9 Å². The lowest BCUT2D eigenvalue weighted by atomic mass is 9.76. The molecule has 0 bridgehead atoms. The first-order valence-corrected chi connectivity index (χ1v) is 8.52. The number of nitrogens with one attached hydrogen (secondary N) is 1. The molecule has 2 aliphatic heterocycles. The van der Waals surface area contributed by atoms with E-state index in [1.165, 1.54) is 41.5 Å². The lowest BCUT2D eigenvalue weighted by molar-refractivity contribution is 0.0450. The molecular weight excluding hydrogens is 270 g/mol. The highest BCUT2D eigenvalue weighted by Crippen LogP contribution is 2.45. The van der Waals surface area contributed by atoms with Crippen LogP contribution in [-0.4, -0.2) is 23.0 Å². The van der Waals surface area contributed by atoms with E-state index in [0.29, 0.717) is 18.4 Å². The Labute approximate surface area is 131 Å². The molecule has 3 heteroatoms. The van der Waals surface area contributed by atoms with Gasteiger partial charge in [0.05, 0.1) is 12.1 Å². The van der Waals surface area contributed by atoms with Gasteiger partial charge in [0.15, 0.2) is 0 Å². The maximum atomic E-state index is 9.28. The Bertz CT molecular complexity index is 724. The summed E-state index contributed by atoms with van der Waals surface area (Å²) in [5.41, 5.74) is 4.14. The summed E-state index contributed by atoms with van der Waals surface area (Å²) in [7, 11) is 0. The summed E-state index contributed by atoms with van der Waals surface area (Å²) in [6.07, 6.45) is 4.22. The summed E-state index contributed by atoms with van der Waals surface area (Å²) in [5, 5.41) is 10.7. The van der Waals surface area contributed by atoms with Gasteiger partial charge in [0.1, 0.15) is 0 Å². The number of aromatic amines is 1. The van der Waals surface area contributed by atoms with Gasteiger partial charge in [-0.05, 0) is 36.3 Å². The lowest BCUT2D eigenvalue weighted by Gasteiger charge is -2.46. The van der Waals surface area contributed by atoms with E-state index in [-0.39, 0.29) is 0 Å². The number of aromatic nitrogens is 1. The van der Waals surface area contributed by atoms with Gasteiger partial charge < -0.3 is 4.98 Å². The molecule has 3 heterocycles. The zero-order chi connectivity index (χ0) is 15.1. The first-order chi connectivity index (χ1) is 10.8. The maximum Gasteiger partial charge on any atom is 0.0625 e. The number of nitriles is 1. The largest absolute Gasteiger partial charge is 0.357 e. The molecule has 2 aromatic rings. The molecule has 3 nitrogen and oxygen atoms in total. The molecular formula is C19H23N3. The third-order valence-corrected chi connectivity index (χ3v) is 5.69. The van der Waals surface area contributed by atoms with E-state index in [1.807, 2.05) is 0 Å². The van der Waals surface area contributed by atoms with Crippen molar-refractivity contribution in [2.75, 3.05) is 13.1 Å². The number of fused-ring (bicyclic) bond motifs is 5. The number of H-pyrrole nitrogens is 1. The molecule has 0 aliphatic carbocycles. The number of nitrogens with zero attached hydrogens (tertiary/aromatic N) is 2. The van der Waals surface area contributed by atoms with Gasteiger partial charge in [0.25, 0.3) is 0 Å². The fraction of sp³-hybridized carbons (Fsp3) is 0.526. The van der Waals surface area contributed by atoms with Gasteiger partial charge in [-0.1, -0.05) is 31.5 Å². The summed E-state index contributed by atoms with van der Waals surface area (Å²) in [6, 6.07) is 11.5. The molecule has 1 unspecified atom stereocenters. The predicted molar refractivity (Wildman–Crippen MR) is 88.4 cm³/mol. The van der Waals surface area contributed by atoms with Crippen molar-refractivity contribution < 1.29 is 0 Å². The minimum Gasteiger partial charge on any atom is -0.357 e. The van der Waals surface area contributed by atoms with Crippen molar-refractivity contribution in [3.63, 3.8) is 0 Å². The molecule has 4 rings (SSSR count). The quantitative estimate of drug-likeness (QED) is 0.908. The van der Waals surface area contributed by atoms with Crippen LogP contribution in [0.2, 0.25) is 0 Å². The fourth-order valence-electron chi connectivity index (χ4n) is 4.63. The summed E-state index contributed by atoms with van der Waals surface area (Å²) >= 11 is 0. The minimum atomic E-state index is 0.415. The Morgan fingerprint density at radius 1 is 1.36 bits per heavy atom. The van der Waals surface area contributed by atoms with E-state index in [4.69, 9.17) is 0 Å². The average Bonchev–Trinajstić information content (AvgIpc) is 2.93. The van der Waals surface area contributed by atoms with Gasteiger partial charge in [-0.15, -0.1) is 0 Å². The van der Waals surface area contributed by atoms with E-state index in [0.717, 1.165) is 18.9 Å². The Morgan fingerprint density at radius 2 is 2.23 bits per heavy atom. The topological polar surface area (TPSA) is 42.8 Å². The van der Waals surface area contributed by atoms with Crippen molar-refractivity contribution in [1.29, 1.82) is 5.26 Å². The van der Waals surface area contributed by atoms with Gasteiger partial charge in [0.2, 0.25) is 0 Å². The van der Waals surface area contributed by atoms with Crippen molar-refractivity contribution in [2.24, 2.45) is 11.8 Å². The SMILES string of the molecule is CCC1C[C@H](CC#N)[C@@H]2c3[nH]c4ccccc4c3CCN2C1. The number of hydrogen-bond acceptors (Lipinski definition) is 2. The van der Waals surface area contributed by atoms with Crippen LogP contribution in [0.5, 0.6) is 0 Å². The zero-order valence-corrected chi connectivity index (χ0v) is 13.2. The van der Waals surface area contributed by atoms with E-state index in [1.54, 1.807) is 0 Å². The molecule has 1 saturated heterocycles. The third-order valence-electron chi connectivity index (χ3n) is 5.69. The third kappa shape index (κ3) is 2.06. The van der Waals surface area contributed by atoms with Crippen molar-refractivity contribution in [1.82, 2.24) is 9.88 Å². The van der Waals surface area contributed by atoms with E-state index in [9.17, 15) is 5.26 Å². The molecule has 1 aromatic carbocycles. The van der Waals surface area contributed by atoms with Crippen molar-refractivity contribution in [3.05, 3.63) is 35.5 Å². The van der Waals surface area contributed by atoms with Crippen LogP contribution < -0.4 is 0 Å². The highest BCUT2D eigenvalue weighted by atomic mass is 15.2. The minimum absolute atomic E-state index is 0.415. The van der Waals surface area contributed by atoms with Crippen LogP contribution in [-0.2, 0) is 6.42 Å². The Kier molecular flexibility index (Phi) is 3.43. The number of benzene rings is 1. The van der Waals surface area contributed by atoms with Crippen LogP contribution in [0.3, 0.4) is 0 Å². The molecule has 1 N–H and O–H groups in total. The molecule has 1 fully saturated rings. The average molecular weight is 293 g/mol. The molecule has 0 amide bonds. The number of rotatable bonds is 2. The standard InChI is InChI=1S/C19H23N3/c1-2-13-11-14(7-9-20)19-18-16(8-10-22(19)12-13)15-5-3-4-6-17(15)21-18/h3-6,13-14,19,21H,2,7-8,10-12H2,1H3/t13?,14-,19+/m0/s1. The molecule has 0 spiro atoms. The van der Waals surface area contributed by atoms with Gasteiger partial charge >= 0.3 is 0 Å². The fourth-order valence-corrected chi connectivity index (χ4v) is 4.63. The summed E-state index contributed by atoms with van der Waals surface area (Å²) < 4.78 is 0. The van der Waals surface area contributed by atoms with Gasteiger partial charge in [-0.2, -0.15) is 5.26 Å². The molecule has 3 atom stereocenters. The van der Waals surface area contributed by atoms with Gasteiger partial charge in [-0.25, -0.2) is 0 Å². The molecule has 2 aliphatic rings. The van der Waals surface area contributed by atoms with Crippen LogP contribution in [0.15, 0.2) is 24.3 Å². The van der Waals surface area contributed by atoms with E-state index >= 15 is 0 Å². The Hall–Kier alpha value is -1.79.